The van der Waals surface area contributed by atoms with Gasteiger partial charge in [-0.3, -0.25) is 14.7 Å². The Hall–Kier alpha value is -1.69. The Kier molecular flexibility index (Phi) is 4.16. The first kappa shape index (κ1) is 15.8. The number of nitrogens with zero attached hydrogens (tertiary/aromatic N) is 2. The number of hydrogen-bond donors (Lipinski definition) is 1. The van der Waals surface area contributed by atoms with Gasteiger partial charge < -0.3 is 0 Å². The van der Waals surface area contributed by atoms with Crippen molar-refractivity contribution in [3.63, 3.8) is 0 Å². The van der Waals surface area contributed by atoms with Crippen molar-refractivity contribution in [3.8, 4) is 0 Å². The van der Waals surface area contributed by atoms with E-state index in [1.807, 2.05) is 60.0 Å². The third-order valence-corrected chi connectivity index (χ3v) is 5.61. The molecule has 2 atom stereocenters. The lowest BCUT2D eigenvalue weighted by Crippen LogP contribution is -2.43. The Morgan fingerprint density at radius 2 is 1.79 bits per heavy atom. The summed E-state index contributed by atoms with van der Waals surface area (Å²) in [5, 5.41) is 2.80. The molecule has 2 aromatic carbocycles. The molecule has 120 valence electrons. The Bertz CT molecular complexity index is 849. The molecule has 24 heavy (non-hydrogen) atoms. The zero-order chi connectivity index (χ0) is 16.7. The second kappa shape index (κ2) is 6.31. The van der Waals surface area contributed by atoms with Gasteiger partial charge in [-0.05, 0) is 23.3 Å². The Morgan fingerprint density at radius 1 is 1.08 bits per heavy atom. The molecular weight excluding hydrogens is 360 g/mol. The highest BCUT2D eigenvalue weighted by Crippen LogP contribution is 2.41. The summed E-state index contributed by atoms with van der Waals surface area (Å²) >= 11 is 12.0. The molecule has 0 unspecified atom stereocenters. The number of carbonyl (C=O) groups is 1. The maximum Gasteiger partial charge on any atom is 0.248 e. The number of aliphatic imine (C=N–C) groups is 1. The van der Waals surface area contributed by atoms with E-state index in [4.69, 9.17) is 16.6 Å². The Morgan fingerprint density at radius 3 is 2.50 bits per heavy atom. The number of rotatable bonds is 2. The lowest BCUT2D eigenvalue weighted by Gasteiger charge is -2.32. The highest BCUT2D eigenvalue weighted by Gasteiger charge is 2.41. The number of carbonyl (C=O) groups excluding carboxylic acids is 1. The number of halogens is 1. The van der Waals surface area contributed by atoms with E-state index in [-0.39, 0.29) is 11.9 Å². The molecule has 0 aromatic heterocycles. The first-order chi connectivity index (χ1) is 11.6. The molecule has 0 aliphatic carbocycles. The van der Waals surface area contributed by atoms with Crippen molar-refractivity contribution >= 4 is 52.8 Å². The molecule has 6 heteroatoms. The van der Waals surface area contributed by atoms with E-state index < -0.39 is 5.25 Å². The molecule has 0 bridgehead atoms. The SMILES string of the molecule is O=C1[C@@H](S)[C@@H](c2ccc(Cl)cc2)N=C2SC=C(c3ccccc3)N12. The van der Waals surface area contributed by atoms with Crippen molar-refractivity contribution in [2.75, 3.05) is 0 Å². The monoisotopic (exact) mass is 372 g/mol. The maximum atomic E-state index is 12.9. The summed E-state index contributed by atoms with van der Waals surface area (Å²) in [5.41, 5.74) is 2.79. The second-order valence-electron chi connectivity index (χ2n) is 5.51. The summed E-state index contributed by atoms with van der Waals surface area (Å²) in [6.07, 6.45) is 0. The lowest BCUT2D eigenvalue weighted by atomic mass is 10.0. The minimum Gasteiger partial charge on any atom is -0.273 e. The van der Waals surface area contributed by atoms with E-state index in [2.05, 4.69) is 12.6 Å². The van der Waals surface area contributed by atoms with Gasteiger partial charge in [0.2, 0.25) is 5.91 Å². The molecule has 2 aliphatic heterocycles. The summed E-state index contributed by atoms with van der Waals surface area (Å²) in [6.45, 7) is 0. The number of thioether (sulfide) groups is 1. The van der Waals surface area contributed by atoms with Gasteiger partial charge in [-0.25, -0.2) is 0 Å². The van der Waals surface area contributed by atoms with Crippen molar-refractivity contribution in [1.82, 2.24) is 4.90 Å². The number of amides is 1. The molecule has 0 spiro atoms. The van der Waals surface area contributed by atoms with Gasteiger partial charge in [-0.2, -0.15) is 12.6 Å². The quantitative estimate of drug-likeness (QED) is 0.780. The van der Waals surface area contributed by atoms with Crippen LogP contribution >= 0.6 is 36.0 Å². The summed E-state index contributed by atoms with van der Waals surface area (Å²) in [7, 11) is 0. The smallest absolute Gasteiger partial charge is 0.248 e. The number of fused-ring (bicyclic) bond motifs is 1. The zero-order valence-corrected chi connectivity index (χ0v) is 14.9. The topological polar surface area (TPSA) is 32.7 Å². The van der Waals surface area contributed by atoms with Gasteiger partial charge in [0.05, 0.1) is 11.7 Å². The van der Waals surface area contributed by atoms with Crippen LogP contribution in [0, 0.1) is 0 Å². The molecule has 2 aromatic rings. The molecule has 1 amide bonds. The molecule has 0 fully saturated rings. The van der Waals surface area contributed by atoms with Gasteiger partial charge in [-0.15, -0.1) is 0 Å². The number of thiol groups is 1. The molecule has 0 radical (unpaired) electrons. The van der Waals surface area contributed by atoms with Gasteiger partial charge >= 0.3 is 0 Å². The van der Waals surface area contributed by atoms with E-state index in [0.717, 1.165) is 16.8 Å². The maximum absolute atomic E-state index is 12.9. The summed E-state index contributed by atoms with van der Waals surface area (Å²) < 4.78 is 0. The molecule has 4 rings (SSSR count). The minimum absolute atomic E-state index is 0.0524. The van der Waals surface area contributed by atoms with Crippen molar-refractivity contribution in [3.05, 3.63) is 76.2 Å². The summed E-state index contributed by atoms with van der Waals surface area (Å²) in [5.74, 6) is -0.0524. The van der Waals surface area contributed by atoms with Crippen LogP contribution < -0.4 is 0 Å². The van der Waals surface area contributed by atoms with Crippen LogP contribution in [0.25, 0.3) is 5.70 Å². The van der Waals surface area contributed by atoms with Gasteiger partial charge in [0.15, 0.2) is 5.17 Å². The highest BCUT2D eigenvalue weighted by atomic mass is 35.5. The lowest BCUT2D eigenvalue weighted by molar-refractivity contribution is -0.125. The standard InChI is InChI=1S/C18H13ClN2OS2/c19-13-8-6-12(7-9-13)15-16(23)17(22)21-14(10-24-18(21)20-15)11-4-2-1-3-5-11/h1-10,15-16,23H/t15-,16+/m1/s1. The Balaban J connectivity index is 1.71. The fourth-order valence-corrected chi connectivity index (χ4v) is 4.20. The van der Waals surface area contributed by atoms with Crippen molar-refractivity contribution < 1.29 is 4.79 Å². The summed E-state index contributed by atoms with van der Waals surface area (Å²) in [6, 6.07) is 17.0. The second-order valence-corrected chi connectivity index (χ2v) is 7.34. The minimum atomic E-state index is -0.527. The number of benzene rings is 2. The summed E-state index contributed by atoms with van der Waals surface area (Å²) in [4.78, 5) is 19.4. The highest BCUT2D eigenvalue weighted by molar-refractivity contribution is 8.16. The predicted octanol–water partition coefficient (Wildman–Crippen LogP) is 4.62. The third-order valence-electron chi connectivity index (χ3n) is 4.01. The third kappa shape index (κ3) is 2.66. The number of amidine groups is 1. The zero-order valence-electron chi connectivity index (χ0n) is 12.5. The van der Waals surface area contributed by atoms with Gasteiger partial charge in [0.25, 0.3) is 0 Å². The largest absolute Gasteiger partial charge is 0.273 e. The fourth-order valence-electron chi connectivity index (χ4n) is 2.80. The van der Waals surface area contributed by atoms with Crippen LogP contribution in [0.15, 0.2) is 65.0 Å². The first-order valence-electron chi connectivity index (χ1n) is 7.43. The Labute approximate surface area is 154 Å². The normalized spacial score (nSPS) is 22.9. The fraction of sp³-hybridized carbons (Fsp3) is 0.111. The van der Waals surface area contributed by atoms with Crippen LogP contribution in [0.3, 0.4) is 0 Å². The average molecular weight is 373 g/mol. The van der Waals surface area contributed by atoms with Crippen LogP contribution in [-0.2, 0) is 4.79 Å². The average Bonchev–Trinajstić information content (AvgIpc) is 3.04. The van der Waals surface area contributed by atoms with Crippen molar-refractivity contribution in [2.24, 2.45) is 4.99 Å². The van der Waals surface area contributed by atoms with Gasteiger partial charge in [0, 0.05) is 10.4 Å². The van der Waals surface area contributed by atoms with Crippen molar-refractivity contribution in [2.45, 2.75) is 11.3 Å². The van der Waals surface area contributed by atoms with Crippen LogP contribution in [0.1, 0.15) is 17.2 Å². The molecule has 0 saturated carbocycles. The predicted molar refractivity (Wildman–Crippen MR) is 103 cm³/mol. The molecule has 2 heterocycles. The van der Waals surface area contributed by atoms with Gasteiger partial charge in [-0.1, -0.05) is 65.8 Å². The van der Waals surface area contributed by atoms with Crippen LogP contribution in [-0.4, -0.2) is 21.2 Å². The molecule has 0 N–H and O–H groups in total. The van der Waals surface area contributed by atoms with E-state index in [1.54, 1.807) is 4.90 Å². The van der Waals surface area contributed by atoms with E-state index in [9.17, 15) is 4.79 Å². The van der Waals surface area contributed by atoms with Crippen LogP contribution in [0.5, 0.6) is 0 Å². The molecule has 0 saturated heterocycles. The number of hydrogen-bond acceptors (Lipinski definition) is 4. The first-order valence-corrected chi connectivity index (χ1v) is 9.20. The molecule has 2 aliphatic rings. The van der Waals surface area contributed by atoms with E-state index in [1.165, 1.54) is 11.8 Å². The van der Waals surface area contributed by atoms with Crippen LogP contribution in [0.2, 0.25) is 5.02 Å². The van der Waals surface area contributed by atoms with Gasteiger partial charge in [0.1, 0.15) is 5.25 Å². The van der Waals surface area contributed by atoms with E-state index in [0.29, 0.717) is 10.2 Å². The molecular formula is C18H13ClN2OS2. The van der Waals surface area contributed by atoms with Crippen molar-refractivity contribution in [1.29, 1.82) is 0 Å². The van der Waals surface area contributed by atoms with E-state index >= 15 is 0 Å². The molecule has 3 nitrogen and oxygen atoms in total. The van der Waals surface area contributed by atoms with Crippen LogP contribution in [0.4, 0.5) is 0 Å².